The van der Waals surface area contributed by atoms with Crippen LogP contribution in [0.2, 0.25) is 0 Å². The van der Waals surface area contributed by atoms with E-state index in [9.17, 15) is 9.59 Å². The van der Waals surface area contributed by atoms with Gasteiger partial charge in [0.2, 0.25) is 0 Å². The molecule has 0 N–H and O–H groups in total. The van der Waals surface area contributed by atoms with Crippen molar-refractivity contribution >= 4 is 11.8 Å². The normalized spacial score (nSPS) is 30.6. The van der Waals surface area contributed by atoms with E-state index in [-0.39, 0.29) is 17.7 Å². The van der Waals surface area contributed by atoms with Gasteiger partial charge in [0.15, 0.2) is 0 Å². The molecule has 0 spiro atoms. The lowest BCUT2D eigenvalue weighted by Crippen LogP contribution is -2.38. The van der Waals surface area contributed by atoms with Gasteiger partial charge in [-0.1, -0.05) is 20.8 Å². The van der Waals surface area contributed by atoms with Crippen LogP contribution in [0.15, 0.2) is 0 Å². The average molecular weight is 226 g/mol. The minimum Gasteiger partial charge on any atom is -0.465 e. The lowest BCUT2D eigenvalue weighted by Gasteiger charge is -2.33. The predicted octanol–water partition coefficient (Wildman–Crippen LogP) is 2.44. The second kappa shape index (κ2) is 5.46. The van der Waals surface area contributed by atoms with Crippen molar-refractivity contribution < 1.29 is 14.3 Å². The predicted molar refractivity (Wildman–Crippen MR) is 61.9 cm³/mol. The number of rotatable bonds is 3. The van der Waals surface area contributed by atoms with E-state index in [0.717, 1.165) is 6.42 Å². The van der Waals surface area contributed by atoms with Crippen molar-refractivity contribution in [3.05, 3.63) is 0 Å². The van der Waals surface area contributed by atoms with Gasteiger partial charge in [0, 0.05) is 5.92 Å². The minimum absolute atomic E-state index is 0.00411. The van der Waals surface area contributed by atoms with Crippen molar-refractivity contribution in [3.63, 3.8) is 0 Å². The highest BCUT2D eigenvalue weighted by Crippen LogP contribution is 2.35. The first kappa shape index (κ1) is 13.2. The van der Waals surface area contributed by atoms with E-state index in [4.69, 9.17) is 4.74 Å². The van der Waals surface area contributed by atoms with Gasteiger partial charge in [-0.3, -0.25) is 9.59 Å². The molecule has 0 aromatic rings. The molecule has 92 valence electrons. The molecule has 3 unspecified atom stereocenters. The van der Waals surface area contributed by atoms with Gasteiger partial charge in [-0.25, -0.2) is 0 Å². The quantitative estimate of drug-likeness (QED) is 0.548. The van der Waals surface area contributed by atoms with Crippen LogP contribution in [-0.2, 0) is 14.3 Å². The summed E-state index contributed by atoms with van der Waals surface area (Å²) in [6.07, 6.45) is 1.58. The van der Waals surface area contributed by atoms with Gasteiger partial charge < -0.3 is 4.74 Å². The molecule has 0 saturated heterocycles. The summed E-state index contributed by atoms with van der Waals surface area (Å²) in [6.45, 7) is 8.34. The monoisotopic (exact) mass is 226 g/mol. The molecule has 0 bridgehead atoms. The molecule has 0 radical (unpaired) electrons. The smallest absolute Gasteiger partial charge is 0.316 e. The van der Waals surface area contributed by atoms with Crippen LogP contribution in [0.4, 0.5) is 0 Å². The van der Waals surface area contributed by atoms with E-state index < -0.39 is 5.92 Å². The average Bonchev–Trinajstić information content (AvgIpc) is 2.21. The number of ether oxygens (including phenoxy) is 1. The molecular weight excluding hydrogens is 204 g/mol. The van der Waals surface area contributed by atoms with Crippen LogP contribution in [0.1, 0.15) is 40.5 Å². The summed E-state index contributed by atoms with van der Waals surface area (Å²) in [5.41, 5.74) is 0. The Morgan fingerprint density at radius 2 is 2.06 bits per heavy atom. The van der Waals surface area contributed by atoms with Crippen LogP contribution in [0.3, 0.4) is 0 Å². The summed E-state index contributed by atoms with van der Waals surface area (Å²) in [5, 5.41) is 0. The maximum absolute atomic E-state index is 11.9. The summed E-state index contributed by atoms with van der Waals surface area (Å²) in [4.78, 5) is 23.6. The largest absolute Gasteiger partial charge is 0.465 e. The van der Waals surface area contributed by atoms with Gasteiger partial charge in [-0.05, 0) is 31.6 Å². The molecular formula is C13H22O3. The third-order valence-corrected chi connectivity index (χ3v) is 3.54. The van der Waals surface area contributed by atoms with Crippen molar-refractivity contribution in [3.8, 4) is 0 Å². The van der Waals surface area contributed by atoms with Gasteiger partial charge >= 0.3 is 5.97 Å². The summed E-state index contributed by atoms with van der Waals surface area (Å²) in [5.74, 6) is 0.196. The first-order valence-electron chi connectivity index (χ1n) is 6.17. The van der Waals surface area contributed by atoms with E-state index in [1.54, 1.807) is 6.92 Å². The van der Waals surface area contributed by atoms with E-state index >= 15 is 0 Å². The number of ketones is 1. The molecule has 16 heavy (non-hydrogen) atoms. The Kier molecular flexibility index (Phi) is 4.51. The third kappa shape index (κ3) is 2.83. The first-order valence-corrected chi connectivity index (χ1v) is 6.17. The first-order chi connectivity index (χ1) is 7.47. The maximum Gasteiger partial charge on any atom is 0.316 e. The SMILES string of the molecule is CCOC(=O)C1CC(C(C)C)CC(C)C1=O. The molecule has 3 nitrogen and oxygen atoms in total. The van der Waals surface area contributed by atoms with Crippen molar-refractivity contribution in [1.82, 2.24) is 0 Å². The summed E-state index contributed by atoms with van der Waals surface area (Å²) >= 11 is 0. The standard InChI is InChI=1S/C13H22O3/c1-5-16-13(15)11-7-10(8(2)3)6-9(4)12(11)14/h8-11H,5-7H2,1-4H3. The van der Waals surface area contributed by atoms with Crippen molar-refractivity contribution in [1.29, 1.82) is 0 Å². The molecule has 3 atom stereocenters. The molecule has 0 aliphatic heterocycles. The fraction of sp³-hybridized carbons (Fsp3) is 0.846. The summed E-state index contributed by atoms with van der Waals surface area (Å²) in [6, 6.07) is 0. The fourth-order valence-electron chi connectivity index (χ4n) is 2.43. The molecule has 0 aromatic heterocycles. The highest BCUT2D eigenvalue weighted by atomic mass is 16.5. The highest BCUT2D eigenvalue weighted by molar-refractivity contribution is 6.00. The topological polar surface area (TPSA) is 43.4 Å². The molecule has 1 aliphatic rings. The Morgan fingerprint density at radius 1 is 1.44 bits per heavy atom. The molecule has 1 saturated carbocycles. The zero-order valence-electron chi connectivity index (χ0n) is 10.7. The Labute approximate surface area is 97.5 Å². The third-order valence-electron chi connectivity index (χ3n) is 3.54. The fourth-order valence-corrected chi connectivity index (χ4v) is 2.43. The Bertz CT molecular complexity index is 270. The molecule has 0 heterocycles. The van der Waals surface area contributed by atoms with Crippen molar-refractivity contribution in [2.24, 2.45) is 23.7 Å². The molecule has 1 rings (SSSR count). The van der Waals surface area contributed by atoms with Crippen molar-refractivity contribution in [2.45, 2.75) is 40.5 Å². The number of Topliss-reactive ketones (excluding diaryl/α,β-unsaturated/α-hetero) is 1. The molecule has 1 fully saturated rings. The van der Waals surface area contributed by atoms with Crippen molar-refractivity contribution in [2.75, 3.05) is 6.61 Å². The lowest BCUT2D eigenvalue weighted by atomic mass is 9.71. The number of hydrogen-bond donors (Lipinski definition) is 0. The van der Waals surface area contributed by atoms with Crippen LogP contribution >= 0.6 is 0 Å². The van der Waals surface area contributed by atoms with Crippen LogP contribution in [0.5, 0.6) is 0 Å². The van der Waals surface area contributed by atoms with Crippen LogP contribution in [0, 0.1) is 23.7 Å². The van der Waals surface area contributed by atoms with Crippen LogP contribution in [-0.4, -0.2) is 18.4 Å². The zero-order valence-corrected chi connectivity index (χ0v) is 10.7. The van der Waals surface area contributed by atoms with Crippen LogP contribution in [0.25, 0.3) is 0 Å². The molecule has 1 aliphatic carbocycles. The Balaban J connectivity index is 2.73. The summed E-state index contributed by atoms with van der Waals surface area (Å²) in [7, 11) is 0. The van der Waals surface area contributed by atoms with Gasteiger partial charge in [0.1, 0.15) is 11.7 Å². The number of hydrogen-bond acceptors (Lipinski definition) is 3. The lowest BCUT2D eigenvalue weighted by molar-refractivity contribution is -0.155. The van der Waals surface area contributed by atoms with E-state index in [2.05, 4.69) is 13.8 Å². The number of carbonyl (C=O) groups is 2. The minimum atomic E-state index is -0.518. The van der Waals surface area contributed by atoms with E-state index in [1.165, 1.54) is 0 Å². The van der Waals surface area contributed by atoms with E-state index in [0.29, 0.717) is 24.9 Å². The van der Waals surface area contributed by atoms with Crippen LogP contribution < -0.4 is 0 Å². The van der Waals surface area contributed by atoms with Gasteiger partial charge in [-0.15, -0.1) is 0 Å². The van der Waals surface area contributed by atoms with E-state index in [1.807, 2.05) is 6.92 Å². The van der Waals surface area contributed by atoms with Gasteiger partial charge in [0.05, 0.1) is 6.61 Å². The number of carbonyl (C=O) groups excluding carboxylic acids is 2. The molecule has 3 heteroatoms. The van der Waals surface area contributed by atoms with Gasteiger partial charge in [0.25, 0.3) is 0 Å². The zero-order chi connectivity index (χ0) is 12.3. The van der Waals surface area contributed by atoms with Gasteiger partial charge in [-0.2, -0.15) is 0 Å². The second-order valence-electron chi connectivity index (χ2n) is 5.08. The molecule has 0 amide bonds. The maximum atomic E-state index is 11.9. The molecule has 0 aromatic carbocycles. The number of esters is 1. The summed E-state index contributed by atoms with van der Waals surface area (Å²) < 4.78 is 4.97. The second-order valence-corrected chi connectivity index (χ2v) is 5.08. The Hall–Kier alpha value is -0.860. The highest BCUT2D eigenvalue weighted by Gasteiger charge is 2.39. The Morgan fingerprint density at radius 3 is 2.56 bits per heavy atom.